The zero-order valence-electron chi connectivity index (χ0n) is 10.8. The largest absolute Gasteiger partial charge is 0.280 e. The number of carbonyl (C=O) groups is 1. The Kier molecular flexibility index (Phi) is 4.42. The molecule has 2 aromatic rings. The van der Waals surface area contributed by atoms with E-state index in [1.807, 2.05) is 36.7 Å². The second-order valence-corrected chi connectivity index (χ2v) is 4.30. The van der Waals surface area contributed by atoms with Crippen molar-refractivity contribution in [2.45, 2.75) is 13.5 Å². The molecule has 0 unspecified atom stereocenters. The van der Waals surface area contributed by atoms with E-state index in [-0.39, 0.29) is 6.61 Å². The summed E-state index contributed by atoms with van der Waals surface area (Å²) in [6.07, 6.45) is 0. The van der Waals surface area contributed by atoms with Crippen molar-refractivity contribution >= 4 is 5.91 Å². The Morgan fingerprint density at radius 2 is 1.70 bits per heavy atom. The molecule has 0 bridgehead atoms. The van der Waals surface area contributed by atoms with Crippen LogP contribution in [0.3, 0.4) is 0 Å². The molecular weight excluding hydrogens is 264 g/mol. The molecule has 2 aromatic carbocycles. The quantitative estimate of drug-likeness (QED) is 0.872. The standard InChI is InChI=1S/C15H13F2NO2/c1-10-5-7-11(8-6-10)9-20-18-15(19)14-12(16)3-2-4-13(14)17/h2-8H,9H2,1H3,(H,18,19). The molecule has 0 aromatic heterocycles. The van der Waals surface area contributed by atoms with E-state index in [0.717, 1.165) is 23.3 Å². The van der Waals surface area contributed by atoms with Crippen LogP contribution >= 0.6 is 0 Å². The Morgan fingerprint density at radius 1 is 1.10 bits per heavy atom. The zero-order chi connectivity index (χ0) is 14.5. The number of aryl methyl sites for hydroxylation is 1. The molecular formula is C15H13F2NO2. The highest BCUT2D eigenvalue weighted by atomic mass is 19.1. The van der Waals surface area contributed by atoms with Gasteiger partial charge in [-0.3, -0.25) is 9.63 Å². The van der Waals surface area contributed by atoms with E-state index in [1.165, 1.54) is 6.07 Å². The van der Waals surface area contributed by atoms with Gasteiger partial charge in [-0.15, -0.1) is 0 Å². The lowest BCUT2D eigenvalue weighted by Crippen LogP contribution is -2.25. The molecule has 1 amide bonds. The van der Waals surface area contributed by atoms with Gasteiger partial charge in [-0.25, -0.2) is 14.3 Å². The lowest BCUT2D eigenvalue weighted by molar-refractivity contribution is 0.0227. The molecule has 0 aliphatic heterocycles. The number of nitrogens with one attached hydrogen (secondary N) is 1. The average Bonchev–Trinajstić information content (AvgIpc) is 2.41. The van der Waals surface area contributed by atoms with Gasteiger partial charge >= 0.3 is 0 Å². The maximum Gasteiger partial charge on any atom is 0.280 e. The van der Waals surface area contributed by atoms with Gasteiger partial charge in [0, 0.05) is 0 Å². The van der Waals surface area contributed by atoms with Crippen molar-refractivity contribution in [3.63, 3.8) is 0 Å². The van der Waals surface area contributed by atoms with E-state index in [9.17, 15) is 13.6 Å². The minimum atomic E-state index is -0.951. The molecule has 0 spiro atoms. The number of benzene rings is 2. The van der Waals surface area contributed by atoms with Gasteiger partial charge in [0.05, 0.1) is 6.61 Å². The van der Waals surface area contributed by atoms with E-state index in [4.69, 9.17) is 4.84 Å². The average molecular weight is 277 g/mol. The molecule has 104 valence electrons. The van der Waals surface area contributed by atoms with Crippen LogP contribution in [0.25, 0.3) is 0 Å². The van der Waals surface area contributed by atoms with Crippen LogP contribution in [-0.4, -0.2) is 5.91 Å². The third kappa shape index (κ3) is 3.39. The van der Waals surface area contributed by atoms with Crippen LogP contribution < -0.4 is 5.48 Å². The van der Waals surface area contributed by atoms with Gasteiger partial charge in [0.2, 0.25) is 0 Å². The lowest BCUT2D eigenvalue weighted by atomic mass is 10.2. The molecule has 0 fully saturated rings. The number of hydrogen-bond donors (Lipinski definition) is 1. The topological polar surface area (TPSA) is 38.3 Å². The zero-order valence-corrected chi connectivity index (χ0v) is 10.8. The van der Waals surface area contributed by atoms with Crippen molar-refractivity contribution in [3.8, 4) is 0 Å². The van der Waals surface area contributed by atoms with Crippen molar-refractivity contribution in [3.05, 3.63) is 70.8 Å². The van der Waals surface area contributed by atoms with Crippen molar-refractivity contribution in [2.24, 2.45) is 0 Å². The first-order valence-corrected chi connectivity index (χ1v) is 5.99. The molecule has 1 N–H and O–H groups in total. The summed E-state index contributed by atoms with van der Waals surface area (Å²) in [7, 11) is 0. The van der Waals surface area contributed by atoms with Crippen molar-refractivity contribution in [1.82, 2.24) is 5.48 Å². The number of halogens is 2. The summed E-state index contributed by atoms with van der Waals surface area (Å²) in [4.78, 5) is 16.6. The summed E-state index contributed by atoms with van der Waals surface area (Å²) in [5.74, 6) is -2.81. The molecule has 0 aliphatic carbocycles. The predicted octanol–water partition coefficient (Wildman–Crippen LogP) is 3.13. The highest BCUT2D eigenvalue weighted by Gasteiger charge is 2.16. The number of rotatable bonds is 4. The molecule has 5 heteroatoms. The minimum Gasteiger partial charge on any atom is -0.269 e. The summed E-state index contributed by atoms with van der Waals surface area (Å²) < 4.78 is 26.7. The van der Waals surface area contributed by atoms with Gasteiger partial charge in [-0.2, -0.15) is 0 Å². The summed E-state index contributed by atoms with van der Waals surface area (Å²) in [6, 6.07) is 10.7. The Bertz CT molecular complexity index is 592. The van der Waals surface area contributed by atoms with Crippen molar-refractivity contribution in [1.29, 1.82) is 0 Å². The molecule has 0 heterocycles. The van der Waals surface area contributed by atoms with Crippen LogP contribution in [0, 0.1) is 18.6 Å². The minimum absolute atomic E-state index is 0.113. The maximum atomic E-state index is 13.3. The summed E-state index contributed by atoms with van der Waals surface area (Å²) in [5.41, 5.74) is 3.31. The first-order valence-electron chi connectivity index (χ1n) is 5.99. The summed E-state index contributed by atoms with van der Waals surface area (Å²) in [6.45, 7) is 2.06. The van der Waals surface area contributed by atoms with E-state index >= 15 is 0 Å². The molecule has 20 heavy (non-hydrogen) atoms. The van der Waals surface area contributed by atoms with Crippen LogP contribution in [0.5, 0.6) is 0 Å². The third-order valence-corrected chi connectivity index (χ3v) is 2.71. The van der Waals surface area contributed by atoms with E-state index in [1.54, 1.807) is 0 Å². The molecule has 0 atom stereocenters. The fourth-order valence-electron chi connectivity index (χ4n) is 1.64. The number of carbonyl (C=O) groups excluding carboxylic acids is 1. The molecule has 2 rings (SSSR count). The first-order chi connectivity index (χ1) is 9.58. The molecule has 3 nitrogen and oxygen atoms in total. The van der Waals surface area contributed by atoms with Crippen LogP contribution in [0.1, 0.15) is 21.5 Å². The molecule has 0 saturated heterocycles. The second-order valence-electron chi connectivity index (χ2n) is 4.30. The van der Waals surface area contributed by atoms with Gasteiger partial charge < -0.3 is 0 Å². The molecule has 0 saturated carbocycles. The molecule has 0 radical (unpaired) electrons. The number of hydrogen-bond acceptors (Lipinski definition) is 2. The van der Waals surface area contributed by atoms with Crippen LogP contribution in [0.2, 0.25) is 0 Å². The van der Waals surface area contributed by atoms with Crippen molar-refractivity contribution < 1.29 is 18.4 Å². The number of amides is 1. The van der Waals surface area contributed by atoms with Crippen LogP contribution in [0.4, 0.5) is 8.78 Å². The first kappa shape index (κ1) is 14.1. The fraction of sp³-hybridized carbons (Fsp3) is 0.133. The lowest BCUT2D eigenvalue weighted by Gasteiger charge is -2.07. The van der Waals surface area contributed by atoms with Crippen LogP contribution in [0.15, 0.2) is 42.5 Å². The van der Waals surface area contributed by atoms with E-state index in [0.29, 0.717) is 0 Å². The third-order valence-electron chi connectivity index (χ3n) is 2.71. The summed E-state index contributed by atoms with van der Waals surface area (Å²) >= 11 is 0. The summed E-state index contributed by atoms with van der Waals surface area (Å²) in [5, 5.41) is 0. The van der Waals surface area contributed by atoms with Gasteiger partial charge in [-0.05, 0) is 24.6 Å². The van der Waals surface area contributed by atoms with Crippen molar-refractivity contribution in [2.75, 3.05) is 0 Å². The Hall–Kier alpha value is -2.27. The Labute approximate surface area is 115 Å². The predicted molar refractivity (Wildman–Crippen MR) is 69.8 cm³/mol. The number of hydroxylamine groups is 1. The molecule has 0 aliphatic rings. The van der Waals surface area contributed by atoms with Gasteiger partial charge in [0.1, 0.15) is 17.2 Å². The second kappa shape index (κ2) is 6.25. The fourth-order valence-corrected chi connectivity index (χ4v) is 1.64. The van der Waals surface area contributed by atoms with Crippen LogP contribution in [-0.2, 0) is 11.4 Å². The monoisotopic (exact) mass is 277 g/mol. The smallest absolute Gasteiger partial charge is 0.269 e. The highest BCUT2D eigenvalue weighted by molar-refractivity contribution is 5.93. The highest BCUT2D eigenvalue weighted by Crippen LogP contribution is 2.12. The van der Waals surface area contributed by atoms with Gasteiger partial charge in [0.15, 0.2) is 0 Å². The van der Waals surface area contributed by atoms with Gasteiger partial charge in [-0.1, -0.05) is 35.9 Å². The van der Waals surface area contributed by atoms with E-state index < -0.39 is 23.1 Å². The normalized spacial score (nSPS) is 10.3. The Balaban J connectivity index is 1.94. The SMILES string of the molecule is Cc1ccc(CONC(=O)c2c(F)cccc2F)cc1. The Morgan fingerprint density at radius 3 is 2.30 bits per heavy atom. The maximum absolute atomic E-state index is 13.3. The van der Waals surface area contributed by atoms with Gasteiger partial charge in [0.25, 0.3) is 5.91 Å². The van der Waals surface area contributed by atoms with E-state index in [2.05, 4.69) is 0 Å².